The summed E-state index contributed by atoms with van der Waals surface area (Å²) in [5.41, 5.74) is 1.45. The zero-order valence-corrected chi connectivity index (χ0v) is 9.95. The molecule has 0 saturated heterocycles. The fourth-order valence-electron chi connectivity index (χ4n) is 1.18. The fourth-order valence-corrected chi connectivity index (χ4v) is 1.41. The summed E-state index contributed by atoms with van der Waals surface area (Å²) in [6.07, 6.45) is 0. The zero-order chi connectivity index (χ0) is 12.8. The third kappa shape index (κ3) is 4.84. The number of hydrogen-bond acceptors (Lipinski definition) is 3. The molecule has 0 radical (unpaired) electrons. The van der Waals surface area contributed by atoms with E-state index in [4.69, 9.17) is 16.7 Å². The number of carboxylic acid groups (broad SMARTS) is 1. The average molecular weight is 258 g/mol. The molecule has 0 aliphatic carbocycles. The lowest BCUT2D eigenvalue weighted by atomic mass is 10.2. The van der Waals surface area contributed by atoms with E-state index >= 15 is 0 Å². The monoisotopic (exact) mass is 257 g/mol. The second-order valence-corrected chi connectivity index (χ2v) is 3.83. The predicted octanol–water partition coefficient (Wildman–Crippen LogP) is 1.69. The number of carbonyl (C=O) groups is 2. The first-order valence-electron chi connectivity index (χ1n) is 4.84. The standard InChI is InChI=1S/C11H12ClNO4/c1-7-4-8(12)2-3-9(7)13-10(14)5-17-6-11(15)16/h2-4H,5-6H2,1H3,(H,13,14)(H,15,16). The molecule has 0 spiro atoms. The summed E-state index contributed by atoms with van der Waals surface area (Å²) < 4.78 is 4.66. The van der Waals surface area contributed by atoms with Gasteiger partial charge in [0.1, 0.15) is 13.2 Å². The highest BCUT2D eigenvalue weighted by Crippen LogP contribution is 2.19. The Morgan fingerprint density at radius 3 is 2.71 bits per heavy atom. The van der Waals surface area contributed by atoms with Crippen LogP contribution in [-0.4, -0.2) is 30.2 Å². The number of anilines is 1. The lowest BCUT2D eigenvalue weighted by Crippen LogP contribution is -2.21. The van der Waals surface area contributed by atoms with Gasteiger partial charge in [0, 0.05) is 10.7 Å². The minimum atomic E-state index is -1.11. The molecule has 17 heavy (non-hydrogen) atoms. The van der Waals surface area contributed by atoms with Crippen LogP contribution in [-0.2, 0) is 14.3 Å². The summed E-state index contributed by atoms with van der Waals surface area (Å²) in [4.78, 5) is 21.5. The van der Waals surface area contributed by atoms with E-state index in [2.05, 4.69) is 10.1 Å². The first-order chi connectivity index (χ1) is 7.99. The van der Waals surface area contributed by atoms with Gasteiger partial charge in [-0.15, -0.1) is 0 Å². The number of halogens is 1. The molecule has 0 atom stereocenters. The second-order valence-electron chi connectivity index (χ2n) is 3.39. The molecule has 0 bridgehead atoms. The number of amides is 1. The summed E-state index contributed by atoms with van der Waals surface area (Å²) in [7, 11) is 0. The lowest BCUT2D eigenvalue weighted by Gasteiger charge is -2.08. The van der Waals surface area contributed by atoms with Crippen molar-refractivity contribution in [3.8, 4) is 0 Å². The average Bonchev–Trinajstić information content (AvgIpc) is 2.21. The third-order valence-electron chi connectivity index (χ3n) is 1.92. The van der Waals surface area contributed by atoms with Crippen LogP contribution < -0.4 is 5.32 Å². The Morgan fingerprint density at radius 2 is 2.12 bits per heavy atom. The van der Waals surface area contributed by atoms with Crippen molar-refractivity contribution in [1.29, 1.82) is 0 Å². The highest BCUT2D eigenvalue weighted by Gasteiger charge is 2.06. The Hall–Kier alpha value is -1.59. The third-order valence-corrected chi connectivity index (χ3v) is 2.16. The van der Waals surface area contributed by atoms with Gasteiger partial charge in [-0.1, -0.05) is 11.6 Å². The van der Waals surface area contributed by atoms with Crippen LogP contribution in [0.2, 0.25) is 5.02 Å². The summed E-state index contributed by atoms with van der Waals surface area (Å²) >= 11 is 5.77. The van der Waals surface area contributed by atoms with Gasteiger partial charge in [-0.2, -0.15) is 0 Å². The molecule has 1 amide bonds. The van der Waals surface area contributed by atoms with E-state index in [1.807, 2.05) is 0 Å². The number of aryl methyl sites for hydroxylation is 1. The van der Waals surface area contributed by atoms with Crippen molar-refractivity contribution in [2.24, 2.45) is 0 Å². The van der Waals surface area contributed by atoms with Crippen LogP contribution in [0.4, 0.5) is 5.69 Å². The Morgan fingerprint density at radius 1 is 1.41 bits per heavy atom. The van der Waals surface area contributed by atoms with Gasteiger partial charge in [-0.05, 0) is 30.7 Å². The number of hydrogen-bond donors (Lipinski definition) is 2. The van der Waals surface area contributed by atoms with Gasteiger partial charge in [0.2, 0.25) is 5.91 Å². The second kappa shape index (κ2) is 6.22. The molecule has 1 aromatic rings. The maximum atomic E-state index is 11.4. The Bertz CT molecular complexity index is 433. The number of ether oxygens (including phenoxy) is 1. The number of benzene rings is 1. The smallest absolute Gasteiger partial charge is 0.329 e. The van der Waals surface area contributed by atoms with Crippen LogP contribution in [0.25, 0.3) is 0 Å². The highest BCUT2D eigenvalue weighted by atomic mass is 35.5. The maximum absolute atomic E-state index is 11.4. The normalized spacial score (nSPS) is 10.0. The molecule has 5 nitrogen and oxygen atoms in total. The molecule has 0 aliphatic heterocycles. The van der Waals surface area contributed by atoms with E-state index in [-0.39, 0.29) is 6.61 Å². The molecule has 1 aromatic carbocycles. The van der Waals surface area contributed by atoms with Crippen molar-refractivity contribution in [2.45, 2.75) is 6.92 Å². The van der Waals surface area contributed by atoms with Crippen LogP contribution in [0, 0.1) is 6.92 Å². The van der Waals surface area contributed by atoms with E-state index in [0.717, 1.165) is 5.56 Å². The lowest BCUT2D eigenvalue weighted by molar-refractivity contribution is -0.143. The molecule has 0 unspecified atom stereocenters. The Kier molecular flexibility index (Phi) is 4.93. The van der Waals surface area contributed by atoms with Crippen LogP contribution in [0.1, 0.15) is 5.56 Å². The van der Waals surface area contributed by atoms with Crippen molar-refractivity contribution in [3.63, 3.8) is 0 Å². The number of carbonyl (C=O) groups excluding carboxylic acids is 1. The Labute approximate surface area is 103 Å². The molecule has 2 N–H and O–H groups in total. The van der Waals surface area contributed by atoms with Crippen molar-refractivity contribution >= 4 is 29.2 Å². The summed E-state index contributed by atoms with van der Waals surface area (Å²) in [5, 5.41) is 11.5. The first kappa shape index (κ1) is 13.5. The molecule has 0 aliphatic rings. The topological polar surface area (TPSA) is 75.6 Å². The van der Waals surface area contributed by atoms with Gasteiger partial charge in [0.25, 0.3) is 0 Å². The van der Waals surface area contributed by atoms with Gasteiger partial charge in [-0.25, -0.2) is 4.79 Å². The van der Waals surface area contributed by atoms with E-state index in [1.165, 1.54) is 0 Å². The van der Waals surface area contributed by atoms with Crippen molar-refractivity contribution in [1.82, 2.24) is 0 Å². The Balaban J connectivity index is 2.48. The van der Waals surface area contributed by atoms with Crippen molar-refractivity contribution < 1.29 is 19.4 Å². The van der Waals surface area contributed by atoms with E-state index in [0.29, 0.717) is 10.7 Å². The maximum Gasteiger partial charge on any atom is 0.329 e. The molecule has 6 heteroatoms. The SMILES string of the molecule is Cc1cc(Cl)ccc1NC(=O)COCC(=O)O. The van der Waals surface area contributed by atoms with Crippen LogP contribution in [0.5, 0.6) is 0 Å². The number of aliphatic carboxylic acids is 1. The van der Waals surface area contributed by atoms with E-state index in [1.54, 1.807) is 25.1 Å². The first-order valence-corrected chi connectivity index (χ1v) is 5.22. The molecular weight excluding hydrogens is 246 g/mol. The summed E-state index contributed by atoms with van der Waals surface area (Å²) in [5.74, 6) is -1.52. The molecule has 0 fully saturated rings. The predicted molar refractivity (Wildman–Crippen MR) is 63.3 cm³/mol. The minimum Gasteiger partial charge on any atom is -0.480 e. The van der Waals surface area contributed by atoms with Crippen LogP contribution in [0.3, 0.4) is 0 Å². The van der Waals surface area contributed by atoms with Crippen LogP contribution >= 0.6 is 11.6 Å². The van der Waals surface area contributed by atoms with E-state index in [9.17, 15) is 9.59 Å². The van der Waals surface area contributed by atoms with Crippen molar-refractivity contribution in [3.05, 3.63) is 28.8 Å². The molecule has 0 aromatic heterocycles. The summed E-state index contributed by atoms with van der Waals surface area (Å²) in [6.45, 7) is 1.01. The number of rotatable bonds is 5. The molecule has 1 rings (SSSR count). The number of carboxylic acids is 1. The molecule has 92 valence electrons. The molecule has 0 heterocycles. The van der Waals surface area contributed by atoms with Gasteiger partial charge in [0.15, 0.2) is 0 Å². The highest BCUT2D eigenvalue weighted by molar-refractivity contribution is 6.30. The molecule has 0 saturated carbocycles. The van der Waals surface area contributed by atoms with E-state index < -0.39 is 18.5 Å². The minimum absolute atomic E-state index is 0.297. The van der Waals surface area contributed by atoms with Gasteiger partial charge >= 0.3 is 5.97 Å². The number of nitrogens with one attached hydrogen (secondary N) is 1. The largest absolute Gasteiger partial charge is 0.480 e. The van der Waals surface area contributed by atoms with Gasteiger partial charge in [0.05, 0.1) is 0 Å². The van der Waals surface area contributed by atoms with Crippen LogP contribution in [0.15, 0.2) is 18.2 Å². The zero-order valence-electron chi connectivity index (χ0n) is 9.20. The molecular formula is C11H12ClNO4. The van der Waals surface area contributed by atoms with Gasteiger partial charge in [-0.3, -0.25) is 4.79 Å². The fraction of sp³-hybridized carbons (Fsp3) is 0.273. The quantitative estimate of drug-likeness (QED) is 0.842. The van der Waals surface area contributed by atoms with Crippen molar-refractivity contribution in [2.75, 3.05) is 18.5 Å². The van der Waals surface area contributed by atoms with Gasteiger partial charge < -0.3 is 15.2 Å². The summed E-state index contributed by atoms with van der Waals surface area (Å²) in [6, 6.07) is 5.05.